The molecule has 0 bridgehead atoms. The maximum atomic E-state index is 11.2. The number of aromatic nitrogens is 1. The van der Waals surface area contributed by atoms with Crippen molar-refractivity contribution in [3.8, 4) is 0 Å². The summed E-state index contributed by atoms with van der Waals surface area (Å²) < 4.78 is 4.87. The maximum Gasteiger partial charge on any atom is 0.362 e. The third-order valence-electron chi connectivity index (χ3n) is 1.64. The fourth-order valence-electron chi connectivity index (χ4n) is 1.15. The van der Waals surface area contributed by atoms with Crippen LogP contribution in [-0.2, 0) is 0 Å². The van der Waals surface area contributed by atoms with Gasteiger partial charge in [-0.2, -0.15) is 0 Å². The Morgan fingerprint density at radius 3 is 3.17 bits per heavy atom. The quantitative estimate of drug-likeness (QED) is 0.588. The number of hydrogen-bond donors (Lipinski definition) is 0. The molecule has 0 atom stereocenters. The lowest BCUT2D eigenvalue weighted by Crippen LogP contribution is -2.01. The van der Waals surface area contributed by atoms with E-state index in [1.807, 2.05) is 6.07 Å². The monoisotopic (exact) mass is 161 g/mol. The number of aryl methyl sites for hydroxylation is 1. The van der Waals surface area contributed by atoms with Crippen LogP contribution in [-0.4, -0.2) is 4.98 Å². The highest BCUT2D eigenvalue weighted by Crippen LogP contribution is 2.07. The van der Waals surface area contributed by atoms with Crippen LogP contribution in [0.15, 0.2) is 33.6 Å². The Morgan fingerprint density at radius 1 is 1.50 bits per heavy atom. The van der Waals surface area contributed by atoms with Crippen molar-refractivity contribution >= 4 is 10.9 Å². The molecule has 0 amide bonds. The summed E-state index contributed by atoms with van der Waals surface area (Å²) >= 11 is 0. The highest BCUT2D eigenvalue weighted by Gasteiger charge is 2.00. The number of hydrogen-bond acceptors (Lipinski definition) is 3. The summed E-state index contributed by atoms with van der Waals surface area (Å²) in [5, 5.41) is 0.825. The zero-order valence-corrected chi connectivity index (χ0v) is 6.57. The molecule has 0 N–H and O–H groups in total. The van der Waals surface area contributed by atoms with E-state index < -0.39 is 0 Å². The molecule has 0 unspecified atom stereocenters. The molecule has 0 aliphatic carbocycles. The van der Waals surface area contributed by atoms with Gasteiger partial charge >= 0.3 is 5.63 Å². The highest BCUT2D eigenvalue weighted by atomic mass is 16.4. The van der Waals surface area contributed by atoms with Gasteiger partial charge in [0.25, 0.3) is 0 Å². The van der Waals surface area contributed by atoms with Crippen LogP contribution in [0.1, 0.15) is 5.76 Å². The Labute approximate surface area is 68.7 Å². The largest absolute Gasteiger partial charge is 0.427 e. The van der Waals surface area contributed by atoms with E-state index in [1.165, 1.54) is 0 Å². The molecule has 2 rings (SSSR count). The average Bonchev–Trinajstić information content (AvgIpc) is 2.04. The van der Waals surface area contributed by atoms with E-state index in [1.54, 1.807) is 25.3 Å². The van der Waals surface area contributed by atoms with Crippen molar-refractivity contribution in [2.24, 2.45) is 0 Å². The van der Waals surface area contributed by atoms with Gasteiger partial charge in [-0.3, -0.25) is 0 Å². The van der Waals surface area contributed by atoms with Crippen molar-refractivity contribution in [1.82, 2.24) is 4.98 Å². The summed E-state index contributed by atoms with van der Waals surface area (Å²) in [5.74, 6) is 0.612. The van der Waals surface area contributed by atoms with E-state index in [0.29, 0.717) is 11.3 Å². The standard InChI is InChI=1S/C9H7NO2/c1-6-5-7-3-2-4-10-8(7)9(11)12-6/h2-5H,1H3. The molecule has 2 heterocycles. The van der Waals surface area contributed by atoms with Gasteiger partial charge in [0.05, 0.1) is 0 Å². The fourth-order valence-corrected chi connectivity index (χ4v) is 1.15. The van der Waals surface area contributed by atoms with Crippen LogP contribution in [0.5, 0.6) is 0 Å². The van der Waals surface area contributed by atoms with Crippen LogP contribution >= 0.6 is 0 Å². The van der Waals surface area contributed by atoms with Crippen molar-refractivity contribution in [2.45, 2.75) is 6.92 Å². The molecule has 2 aromatic heterocycles. The van der Waals surface area contributed by atoms with Crippen molar-refractivity contribution in [3.05, 3.63) is 40.6 Å². The van der Waals surface area contributed by atoms with E-state index in [-0.39, 0.29) is 5.63 Å². The Kier molecular flexibility index (Phi) is 1.43. The van der Waals surface area contributed by atoms with Gasteiger partial charge in [-0.25, -0.2) is 9.78 Å². The molecule has 0 aliphatic heterocycles. The molecule has 3 nitrogen and oxygen atoms in total. The summed E-state index contributed by atoms with van der Waals surface area (Å²) in [6.07, 6.45) is 1.58. The lowest BCUT2D eigenvalue weighted by atomic mass is 10.2. The Morgan fingerprint density at radius 2 is 2.33 bits per heavy atom. The van der Waals surface area contributed by atoms with Crippen LogP contribution < -0.4 is 5.63 Å². The molecule has 0 saturated heterocycles. The van der Waals surface area contributed by atoms with E-state index in [9.17, 15) is 4.79 Å². The molecule has 0 aliphatic rings. The first-order valence-corrected chi connectivity index (χ1v) is 3.63. The number of nitrogens with zero attached hydrogens (tertiary/aromatic N) is 1. The van der Waals surface area contributed by atoms with Crippen LogP contribution in [0.4, 0.5) is 0 Å². The summed E-state index contributed by atoms with van der Waals surface area (Å²) in [5.41, 5.74) is 0.0219. The SMILES string of the molecule is Cc1cc2cccnc2c(=O)o1. The first-order chi connectivity index (χ1) is 5.77. The van der Waals surface area contributed by atoms with Gasteiger partial charge in [0.15, 0.2) is 5.52 Å². The zero-order valence-electron chi connectivity index (χ0n) is 6.57. The minimum Gasteiger partial charge on any atom is -0.427 e. The third-order valence-corrected chi connectivity index (χ3v) is 1.64. The summed E-state index contributed by atoms with van der Waals surface area (Å²) in [7, 11) is 0. The van der Waals surface area contributed by atoms with Crippen molar-refractivity contribution in [3.63, 3.8) is 0 Å². The average molecular weight is 161 g/mol. The van der Waals surface area contributed by atoms with Crippen LogP contribution in [0.25, 0.3) is 10.9 Å². The molecular formula is C9H7NO2. The fraction of sp³-hybridized carbons (Fsp3) is 0.111. The van der Waals surface area contributed by atoms with Gasteiger partial charge in [0.2, 0.25) is 0 Å². The zero-order chi connectivity index (χ0) is 8.55. The van der Waals surface area contributed by atoms with Gasteiger partial charge in [0, 0.05) is 11.6 Å². The smallest absolute Gasteiger partial charge is 0.362 e. The first kappa shape index (κ1) is 7.03. The van der Waals surface area contributed by atoms with Crippen molar-refractivity contribution < 1.29 is 4.42 Å². The van der Waals surface area contributed by atoms with Crippen LogP contribution in [0, 0.1) is 6.92 Å². The van der Waals surface area contributed by atoms with Crippen molar-refractivity contribution in [2.75, 3.05) is 0 Å². The molecule has 0 saturated carbocycles. The second-order valence-electron chi connectivity index (χ2n) is 2.59. The summed E-state index contributed by atoms with van der Waals surface area (Å²) in [6, 6.07) is 5.43. The van der Waals surface area contributed by atoms with E-state index in [2.05, 4.69) is 4.98 Å². The van der Waals surface area contributed by atoms with E-state index in [0.717, 1.165) is 5.39 Å². The molecule has 0 fully saturated rings. The van der Waals surface area contributed by atoms with Gasteiger partial charge in [0.1, 0.15) is 5.76 Å². The van der Waals surface area contributed by atoms with E-state index in [4.69, 9.17) is 4.42 Å². The van der Waals surface area contributed by atoms with Gasteiger partial charge in [-0.15, -0.1) is 0 Å². The number of fused-ring (bicyclic) bond motifs is 1. The van der Waals surface area contributed by atoms with Crippen LogP contribution in [0.2, 0.25) is 0 Å². The Hall–Kier alpha value is -1.64. The minimum atomic E-state index is -0.370. The van der Waals surface area contributed by atoms with Gasteiger partial charge in [-0.05, 0) is 19.1 Å². The lowest BCUT2D eigenvalue weighted by molar-refractivity contribution is 0.487. The Bertz CT molecular complexity index is 473. The normalized spacial score (nSPS) is 10.4. The molecule has 12 heavy (non-hydrogen) atoms. The molecule has 0 spiro atoms. The topological polar surface area (TPSA) is 43.1 Å². The summed E-state index contributed by atoms with van der Waals surface area (Å²) in [6.45, 7) is 1.74. The lowest BCUT2D eigenvalue weighted by Gasteiger charge is -1.94. The third kappa shape index (κ3) is 0.993. The predicted molar refractivity (Wildman–Crippen MR) is 45.0 cm³/mol. The molecular weight excluding hydrogens is 154 g/mol. The Balaban J connectivity index is 2.99. The van der Waals surface area contributed by atoms with Crippen molar-refractivity contribution in [1.29, 1.82) is 0 Å². The second kappa shape index (κ2) is 2.44. The van der Waals surface area contributed by atoms with Gasteiger partial charge < -0.3 is 4.42 Å². The molecule has 0 radical (unpaired) electrons. The first-order valence-electron chi connectivity index (χ1n) is 3.63. The maximum absolute atomic E-state index is 11.2. The second-order valence-corrected chi connectivity index (χ2v) is 2.59. The minimum absolute atomic E-state index is 0.370. The number of rotatable bonds is 0. The molecule has 2 aromatic rings. The number of pyridine rings is 1. The van der Waals surface area contributed by atoms with Crippen LogP contribution in [0.3, 0.4) is 0 Å². The predicted octanol–water partition coefficient (Wildman–Crippen LogP) is 1.50. The molecule has 3 heteroatoms. The molecule has 60 valence electrons. The molecule has 0 aromatic carbocycles. The highest BCUT2D eigenvalue weighted by molar-refractivity contribution is 5.76. The van der Waals surface area contributed by atoms with Gasteiger partial charge in [-0.1, -0.05) is 6.07 Å². The van der Waals surface area contributed by atoms with E-state index >= 15 is 0 Å². The summed E-state index contributed by atoms with van der Waals surface area (Å²) in [4.78, 5) is 15.1.